The molecule has 0 spiro atoms. The van der Waals surface area contributed by atoms with Gasteiger partial charge >= 0.3 is 0 Å². The highest BCUT2D eigenvalue weighted by atomic mass is 16.1. The molecule has 2 rings (SSSR count). The van der Waals surface area contributed by atoms with Crippen molar-refractivity contribution in [3.63, 3.8) is 0 Å². The van der Waals surface area contributed by atoms with Gasteiger partial charge in [-0.1, -0.05) is 0 Å². The molecule has 1 N–H and O–H groups in total. The van der Waals surface area contributed by atoms with Crippen LogP contribution in [0, 0.1) is 0 Å². The molecule has 4 nitrogen and oxygen atoms in total. The van der Waals surface area contributed by atoms with E-state index in [0.29, 0.717) is 12.1 Å². The van der Waals surface area contributed by atoms with Gasteiger partial charge in [-0.25, -0.2) is 4.68 Å². The third-order valence-electron chi connectivity index (χ3n) is 1.86. The number of rotatable bonds is 1. The lowest BCUT2D eigenvalue weighted by Gasteiger charge is -1.97. The van der Waals surface area contributed by atoms with E-state index in [9.17, 15) is 4.79 Å². The number of nitrogens with one attached hydrogen (secondary N) is 1. The molecule has 0 fully saturated rings. The number of aromatic amines is 1. The highest BCUT2D eigenvalue weighted by Gasteiger charge is 2.01. The van der Waals surface area contributed by atoms with Crippen LogP contribution in [0.5, 0.6) is 0 Å². The fourth-order valence-corrected chi connectivity index (χ4v) is 1.21. The van der Waals surface area contributed by atoms with Crippen molar-refractivity contribution in [2.75, 3.05) is 0 Å². The summed E-state index contributed by atoms with van der Waals surface area (Å²) in [6.07, 6.45) is 3.43. The van der Waals surface area contributed by atoms with Crippen LogP contribution in [0.3, 0.4) is 0 Å². The molecule has 0 bridgehead atoms. The maximum Gasteiger partial charge on any atom is 0.291 e. The Morgan fingerprint density at radius 1 is 1.67 bits per heavy atom. The van der Waals surface area contributed by atoms with E-state index in [0.717, 1.165) is 5.39 Å². The Bertz CT molecular complexity index is 455. The summed E-state index contributed by atoms with van der Waals surface area (Å²) in [5, 5.41) is 4.85. The number of nitrogens with zero attached hydrogens (tertiary/aromatic N) is 2. The molecule has 4 heteroatoms. The summed E-state index contributed by atoms with van der Waals surface area (Å²) in [7, 11) is 0. The molecule has 0 saturated heterocycles. The minimum absolute atomic E-state index is 0.0556. The first-order valence-corrected chi connectivity index (χ1v) is 3.86. The number of hydrogen-bond donors (Lipinski definition) is 1. The number of aromatic nitrogens is 3. The topological polar surface area (TPSA) is 50.7 Å². The monoisotopic (exact) mass is 163 g/mol. The van der Waals surface area contributed by atoms with Crippen LogP contribution in [-0.4, -0.2) is 14.8 Å². The molecule has 0 atom stereocenters. The number of aryl methyl sites for hydroxylation is 1. The van der Waals surface area contributed by atoms with E-state index in [1.165, 1.54) is 4.68 Å². The van der Waals surface area contributed by atoms with Gasteiger partial charge in [-0.3, -0.25) is 4.79 Å². The average molecular weight is 163 g/mol. The average Bonchev–Trinajstić information content (AvgIpc) is 2.53. The summed E-state index contributed by atoms with van der Waals surface area (Å²) < 4.78 is 1.43. The number of hydrogen-bond acceptors (Lipinski definition) is 2. The molecule has 0 aliphatic heterocycles. The quantitative estimate of drug-likeness (QED) is 0.674. The first-order valence-electron chi connectivity index (χ1n) is 3.86. The lowest BCUT2D eigenvalue weighted by Crippen LogP contribution is -2.21. The smallest absolute Gasteiger partial charge is 0.291 e. The van der Waals surface area contributed by atoms with Crippen molar-refractivity contribution in [1.82, 2.24) is 14.8 Å². The zero-order valence-corrected chi connectivity index (χ0v) is 6.74. The molecule has 0 radical (unpaired) electrons. The van der Waals surface area contributed by atoms with E-state index < -0.39 is 0 Å². The van der Waals surface area contributed by atoms with Gasteiger partial charge < -0.3 is 4.98 Å². The first-order chi connectivity index (χ1) is 5.83. The van der Waals surface area contributed by atoms with Gasteiger partial charge in [0.1, 0.15) is 5.52 Å². The van der Waals surface area contributed by atoms with Crippen LogP contribution in [0.4, 0.5) is 0 Å². The molecule has 0 aromatic carbocycles. The molecule has 62 valence electrons. The van der Waals surface area contributed by atoms with Gasteiger partial charge in [0.2, 0.25) is 0 Å². The van der Waals surface area contributed by atoms with Crippen LogP contribution >= 0.6 is 0 Å². The fourth-order valence-electron chi connectivity index (χ4n) is 1.21. The van der Waals surface area contributed by atoms with Crippen LogP contribution in [0.2, 0.25) is 0 Å². The molecular weight excluding hydrogens is 154 g/mol. The molecule has 0 unspecified atom stereocenters. The molecule has 0 aliphatic rings. The van der Waals surface area contributed by atoms with E-state index in [1.54, 1.807) is 12.4 Å². The first kappa shape index (κ1) is 7.09. The van der Waals surface area contributed by atoms with E-state index >= 15 is 0 Å². The minimum atomic E-state index is -0.0556. The Morgan fingerprint density at radius 2 is 2.50 bits per heavy atom. The summed E-state index contributed by atoms with van der Waals surface area (Å²) in [4.78, 5) is 14.4. The summed E-state index contributed by atoms with van der Waals surface area (Å²) in [5.41, 5.74) is 0.576. The van der Waals surface area contributed by atoms with E-state index in [4.69, 9.17) is 0 Å². The summed E-state index contributed by atoms with van der Waals surface area (Å²) in [6.45, 7) is 2.50. The van der Waals surface area contributed by atoms with Crippen LogP contribution in [0.15, 0.2) is 23.3 Å². The zero-order chi connectivity index (χ0) is 8.55. The molecule has 0 aliphatic carbocycles. The third-order valence-corrected chi connectivity index (χ3v) is 1.86. The zero-order valence-electron chi connectivity index (χ0n) is 6.74. The van der Waals surface area contributed by atoms with E-state index in [2.05, 4.69) is 10.1 Å². The highest BCUT2D eigenvalue weighted by Crippen LogP contribution is 2.03. The van der Waals surface area contributed by atoms with E-state index in [1.807, 2.05) is 13.0 Å². The van der Waals surface area contributed by atoms with E-state index in [-0.39, 0.29) is 5.56 Å². The number of fused-ring (bicyclic) bond motifs is 1. The van der Waals surface area contributed by atoms with Gasteiger partial charge in [0.25, 0.3) is 5.56 Å². The molecule has 2 aromatic heterocycles. The van der Waals surface area contributed by atoms with Crippen molar-refractivity contribution >= 4 is 10.9 Å². The second kappa shape index (κ2) is 2.48. The maximum atomic E-state index is 11.5. The summed E-state index contributed by atoms with van der Waals surface area (Å²) in [5.74, 6) is 0. The van der Waals surface area contributed by atoms with Crippen LogP contribution in [0.1, 0.15) is 6.92 Å². The maximum absolute atomic E-state index is 11.5. The molecule has 2 aromatic rings. The molecule has 0 saturated carbocycles. The number of H-pyrrole nitrogens is 1. The summed E-state index contributed by atoms with van der Waals surface area (Å²) >= 11 is 0. The Morgan fingerprint density at radius 3 is 3.25 bits per heavy atom. The van der Waals surface area contributed by atoms with Crippen molar-refractivity contribution in [3.05, 3.63) is 28.8 Å². The highest BCUT2D eigenvalue weighted by molar-refractivity contribution is 5.76. The van der Waals surface area contributed by atoms with Crippen molar-refractivity contribution in [2.24, 2.45) is 0 Å². The van der Waals surface area contributed by atoms with Gasteiger partial charge in [0, 0.05) is 18.1 Å². The van der Waals surface area contributed by atoms with Crippen molar-refractivity contribution in [3.8, 4) is 0 Å². The minimum Gasteiger partial charge on any atom is -0.357 e. The third kappa shape index (κ3) is 0.845. The lowest BCUT2D eigenvalue weighted by atomic mass is 10.4. The summed E-state index contributed by atoms with van der Waals surface area (Å²) in [6, 6.07) is 1.84. The second-order valence-electron chi connectivity index (χ2n) is 2.57. The fraction of sp³-hybridized carbons (Fsp3) is 0.250. The van der Waals surface area contributed by atoms with Gasteiger partial charge in [-0.15, -0.1) is 0 Å². The van der Waals surface area contributed by atoms with Crippen molar-refractivity contribution in [1.29, 1.82) is 0 Å². The van der Waals surface area contributed by atoms with Gasteiger partial charge in [0.15, 0.2) is 0 Å². The predicted octanol–water partition coefficient (Wildman–Crippen LogP) is 0.744. The Hall–Kier alpha value is -1.58. The molecule has 0 amide bonds. The Balaban J connectivity index is 2.88. The van der Waals surface area contributed by atoms with Crippen LogP contribution < -0.4 is 5.56 Å². The molecule has 2 heterocycles. The van der Waals surface area contributed by atoms with Gasteiger partial charge in [-0.2, -0.15) is 5.10 Å². The Kier molecular flexibility index (Phi) is 1.46. The molecule has 12 heavy (non-hydrogen) atoms. The van der Waals surface area contributed by atoms with Gasteiger partial charge in [0.05, 0.1) is 6.20 Å². The second-order valence-corrected chi connectivity index (χ2v) is 2.57. The normalized spacial score (nSPS) is 10.8. The van der Waals surface area contributed by atoms with Crippen molar-refractivity contribution < 1.29 is 0 Å². The van der Waals surface area contributed by atoms with Crippen molar-refractivity contribution in [2.45, 2.75) is 13.5 Å². The SMILES string of the molecule is CCn1ncc2cc[nH]c2c1=O. The lowest BCUT2D eigenvalue weighted by molar-refractivity contribution is 0.622. The Labute approximate surface area is 68.8 Å². The van der Waals surface area contributed by atoms with Crippen LogP contribution in [0.25, 0.3) is 10.9 Å². The van der Waals surface area contributed by atoms with Crippen LogP contribution in [-0.2, 0) is 6.54 Å². The molecular formula is C8H9N3O. The standard InChI is InChI=1S/C8H9N3O/c1-2-11-8(12)7-6(5-10-11)3-4-9-7/h3-5,9H,2H2,1H3. The predicted molar refractivity (Wildman–Crippen MR) is 46.0 cm³/mol. The largest absolute Gasteiger partial charge is 0.357 e. The van der Waals surface area contributed by atoms with Gasteiger partial charge in [-0.05, 0) is 13.0 Å².